The Morgan fingerprint density at radius 2 is 1.82 bits per heavy atom. The Morgan fingerprint density at radius 1 is 1.00 bits per heavy atom. The van der Waals surface area contributed by atoms with Crippen molar-refractivity contribution in [2.24, 2.45) is 0 Å². The number of nitriles is 1. The summed E-state index contributed by atoms with van der Waals surface area (Å²) < 4.78 is 22.1. The first-order chi connectivity index (χ1) is 19.0. The zero-order valence-corrected chi connectivity index (χ0v) is 21.8. The van der Waals surface area contributed by atoms with Crippen LogP contribution in [-0.4, -0.2) is 44.3 Å². The molecule has 8 nitrogen and oxygen atoms in total. The number of furan rings is 1. The van der Waals surface area contributed by atoms with Crippen LogP contribution in [0, 0.1) is 17.1 Å². The molecule has 9 heteroatoms. The predicted octanol–water partition coefficient (Wildman–Crippen LogP) is 5.27. The molecule has 0 radical (unpaired) electrons. The van der Waals surface area contributed by atoms with Crippen LogP contribution in [0.3, 0.4) is 0 Å². The number of amides is 2. The van der Waals surface area contributed by atoms with Crippen LogP contribution in [0.5, 0.6) is 0 Å². The third kappa shape index (κ3) is 6.99. The molecular formula is C30H30FN5O3. The van der Waals surface area contributed by atoms with Crippen molar-refractivity contribution in [2.45, 2.75) is 39.4 Å². The fourth-order valence-electron chi connectivity index (χ4n) is 4.32. The van der Waals surface area contributed by atoms with Gasteiger partial charge in [-0.05, 0) is 54.4 Å². The minimum absolute atomic E-state index is 0.0467. The minimum Gasteiger partial charge on any atom is -0.454 e. The van der Waals surface area contributed by atoms with Crippen LogP contribution in [0.25, 0.3) is 0 Å². The third-order valence-corrected chi connectivity index (χ3v) is 6.24. The number of rotatable bonds is 12. The Labute approximate surface area is 226 Å². The summed E-state index contributed by atoms with van der Waals surface area (Å²) in [7, 11) is 0. The van der Waals surface area contributed by atoms with E-state index in [-0.39, 0.29) is 36.1 Å². The molecule has 0 saturated heterocycles. The molecule has 0 N–H and O–H groups in total. The molecule has 0 unspecified atom stereocenters. The number of carbonyl (C=O) groups is 2. The van der Waals surface area contributed by atoms with Gasteiger partial charge in [0.15, 0.2) is 5.76 Å². The Bertz CT molecular complexity index is 1440. The van der Waals surface area contributed by atoms with E-state index in [4.69, 9.17) is 9.68 Å². The van der Waals surface area contributed by atoms with Crippen LogP contribution >= 0.6 is 0 Å². The average molecular weight is 528 g/mol. The quantitative estimate of drug-likeness (QED) is 0.250. The summed E-state index contributed by atoms with van der Waals surface area (Å²) in [5.41, 5.74) is 1.75. The molecule has 0 atom stereocenters. The van der Waals surface area contributed by atoms with Gasteiger partial charge in [-0.2, -0.15) is 5.26 Å². The van der Waals surface area contributed by atoms with Gasteiger partial charge in [0.05, 0.1) is 31.1 Å². The number of halogens is 1. The van der Waals surface area contributed by atoms with Crippen molar-refractivity contribution in [3.8, 4) is 6.07 Å². The normalized spacial score (nSPS) is 10.7. The van der Waals surface area contributed by atoms with Crippen molar-refractivity contribution in [3.63, 3.8) is 0 Å². The van der Waals surface area contributed by atoms with Gasteiger partial charge in [-0.1, -0.05) is 25.1 Å². The largest absolute Gasteiger partial charge is 0.454 e. The first-order valence-electron chi connectivity index (χ1n) is 12.8. The highest BCUT2D eigenvalue weighted by atomic mass is 19.1. The van der Waals surface area contributed by atoms with Crippen LogP contribution < -0.4 is 0 Å². The maximum absolute atomic E-state index is 14.3. The van der Waals surface area contributed by atoms with Gasteiger partial charge in [-0.15, -0.1) is 0 Å². The van der Waals surface area contributed by atoms with Gasteiger partial charge in [0.1, 0.15) is 11.6 Å². The van der Waals surface area contributed by atoms with Crippen molar-refractivity contribution >= 4 is 11.8 Å². The van der Waals surface area contributed by atoms with E-state index in [1.807, 2.05) is 35.9 Å². The fraction of sp³-hybridized carbons (Fsp3) is 0.267. The predicted molar refractivity (Wildman–Crippen MR) is 143 cm³/mol. The molecule has 3 heterocycles. The van der Waals surface area contributed by atoms with E-state index in [0.717, 1.165) is 17.7 Å². The lowest BCUT2D eigenvalue weighted by atomic mass is 10.1. The number of hydrogen-bond acceptors (Lipinski definition) is 5. The molecule has 2 amide bonds. The highest BCUT2D eigenvalue weighted by Gasteiger charge is 2.22. The zero-order chi connectivity index (χ0) is 27.6. The molecule has 4 aromatic rings. The third-order valence-electron chi connectivity index (χ3n) is 6.24. The lowest BCUT2D eigenvalue weighted by Crippen LogP contribution is -2.32. The molecule has 200 valence electrons. The number of carbonyl (C=O) groups excluding carboxylic acids is 2. The summed E-state index contributed by atoms with van der Waals surface area (Å²) in [6, 6.07) is 18.9. The molecule has 1 aromatic carbocycles. The molecule has 4 rings (SSSR count). The maximum atomic E-state index is 14.3. The highest BCUT2D eigenvalue weighted by Crippen LogP contribution is 2.18. The fourth-order valence-corrected chi connectivity index (χ4v) is 4.32. The van der Waals surface area contributed by atoms with Crippen LogP contribution in [0.4, 0.5) is 4.39 Å². The number of benzene rings is 1. The van der Waals surface area contributed by atoms with Gasteiger partial charge < -0.3 is 18.8 Å². The lowest BCUT2D eigenvalue weighted by Gasteiger charge is -2.23. The molecule has 0 bridgehead atoms. The van der Waals surface area contributed by atoms with Crippen molar-refractivity contribution in [2.75, 3.05) is 13.1 Å². The monoisotopic (exact) mass is 527 g/mol. The van der Waals surface area contributed by atoms with Gasteiger partial charge in [0.2, 0.25) is 0 Å². The maximum Gasteiger partial charge on any atom is 0.289 e. The van der Waals surface area contributed by atoms with Crippen molar-refractivity contribution in [1.29, 1.82) is 5.26 Å². The van der Waals surface area contributed by atoms with Gasteiger partial charge in [-0.25, -0.2) is 4.39 Å². The molecular weight excluding hydrogens is 497 g/mol. The van der Waals surface area contributed by atoms with E-state index in [1.165, 1.54) is 12.1 Å². The van der Waals surface area contributed by atoms with Gasteiger partial charge in [0.25, 0.3) is 11.8 Å². The van der Waals surface area contributed by atoms with Gasteiger partial charge in [0, 0.05) is 43.9 Å². The summed E-state index contributed by atoms with van der Waals surface area (Å²) in [5.74, 6) is -0.459. The second-order valence-corrected chi connectivity index (χ2v) is 9.10. The second-order valence-electron chi connectivity index (χ2n) is 9.10. The van der Waals surface area contributed by atoms with Crippen LogP contribution in [0.2, 0.25) is 0 Å². The van der Waals surface area contributed by atoms with E-state index >= 15 is 0 Å². The Kier molecular flexibility index (Phi) is 9.25. The zero-order valence-electron chi connectivity index (χ0n) is 21.8. The van der Waals surface area contributed by atoms with Crippen molar-refractivity contribution < 1.29 is 18.4 Å². The summed E-state index contributed by atoms with van der Waals surface area (Å²) in [6.07, 6.45) is 6.15. The van der Waals surface area contributed by atoms with E-state index in [9.17, 15) is 14.0 Å². The molecule has 0 aliphatic heterocycles. The van der Waals surface area contributed by atoms with E-state index < -0.39 is 5.82 Å². The Morgan fingerprint density at radius 3 is 2.56 bits per heavy atom. The molecule has 0 aliphatic rings. The molecule has 0 saturated carbocycles. The molecule has 0 spiro atoms. The smallest absolute Gasteiger partial charge is 0.289 e. The van der Waals surface area contributed by atoms with Gasteiger partial charge in [-0.3, -0.25) is 14.6 Å². The van der Waals surface area contributed by atoms with E-state index in [1.54, 1.807) is 52.5 Å². The first kappa shape index (κ1) is 27.3. The van der Waals surface area contributed by atoms with Crippen molar-refractivity contribution in [1.82, 2.24) is 19.4 Å². The standard InChI is InChI=1S/C30H30FN5O3/c1-2-16-35(29(37)26-10-3-4-11-27(26)31)21-24-9-6-17-34(24)22-25-12-13-28(39-25)30(38)36(18-7-14-32)20-23-8-5-15-33-19-23/h3-6,8-13,15,17,19H,2,7,16,18,20-22H2,1H3. The molecule has 3 aromatic heterocycles. The number of aromatic nitrogens is 2. The number of nitrogens with zero attached hydrogens (tertiary/aromatic N) is 5. The minimum atomic E-state index is -0.542. The molecule has 0 fully saturated rings. The average Bonchev–Trinajstić information content (AvgIpc) is 3.60. The number of hydrogen-bond donors (Lipinski definition) is 0. The van der Waals surface area contributed by atoms with Gasteiger partial charge >= 0.3 is 0 Å². The summed E-state index contributed by atoms with van der Waals surface area (Å²) in [6.45, 7) is 3.68. The Balaban J connectivity index is 1.47. The summed E-state index contributed by atoms with van der Waals surface area (Å²) in [4.78, 5) is 33.6. The first-order valence-corrected chi connectivity index (χ1v) is 12.8. The molecule has 39 heavy (non-hydrogen) atoms. The highest BCUT2D eigenvalue weighted by molar-refractivity contribution is 5.94. The molecule has 0 aliphatic carbocycles. The summed E-state index contributed by atoms with van der Waals surface area (Å²) in [5, 5.41) is 9.05. The van der Waals surface area contributed by atoms with Crippen molar-refractivity contribution in [3.05, 3.63) is 113 Å². The van der Waals surface area contributed by atoms with E-state index in [2.05, 4.69) is 11.1 Å². The second kappa shape index (κ2) is 13.2. The van der Waals surface area contributed by atoms with Crippen LogP contribution in [-0.2, 0) is 19.6 Å². The van der Waals surface area contributed by atoms with E-state index in [0.29, 0.717) is 31.9 Å². The van der Waals surface area contributed by atoms with Crippen LogP contribution in [0.15, 0.2) is 83.7 Å². The topological polar surface area (TPSA) is 95.4 Å². The summed E-state index contributed by atoms with van der Waals surface area (Å²) >= 11 is 0. The number of pyridine rings is 1. The lowest BCUT2D eigenvalue weighted by molar-refractivity contribution is 0.0709. The Hall–Kier alpha value is -4.71. The SMILES string of the molecule is CCCN(Cc1cccn1Cc1ccc(C(=O)N(CCC#N)Cc2cccnc2)o1)C(=O)c1ccccc1F. The van der Waals surface area contributed by atoms with Crippen LogP contribution in [0.1, 0.15) is 57.7 Å².